The van der Waals surface area contributed by atoms with Gasteiger partial charge in [-0.25, -0.2) is 0 Å². The second kappa shape index (κ2) is 11.0. The van der Waals surface area contributed by atoms with Gasteiger partial charge in [0, 0.05) is 22.7 Å². The van der Waals surface area contributed by atoms with Gasteiger partial charge in [0.05, 0.1) is 17.2 Å². The average Bonchev–Trinajstić information content (AvgIpc) is 3.51. The second-order valence-electron chi connectivity index (χ2n) is 12.7. The van der Waals surface area contributed by atoms with Crippen molar-refractivity contribution in [2.75, 3.05) is 0 Å². The summed E-state index contributed by atoms with van der Waals surface area (Å²) in [5.74, 6) is 0. The highest BCUT2D eigenvalue weighted by Gasteiger charge is 2.24. The fraction of sp³-hybridized carbons (Fsp3) is 0. The fourth-order valence-corrected chi connectivity index (χ4v) is 7.92. The van der Waals surface area contributed by atoms with Crippen LogP contribution in [-0.4, -0.2) is 9.55 Å². The Labute approximate surface area is 285 Å². The van der Waals surface area contributed by atoms with Crippen LogP contribution < -0.4 is 0 Å². The first-order chi connectivity index (χ1) is 24.3. The van der Waals surface area contributed by atoms with Crippen molar-refractivity contribution in [3.05, 3.63) is 182 Å². The molecule has 10 rings (SSSR count). The van der Waals surface area contributed by atoms with Gasteiger partial charge in [-0.15, -0.1) is 0 Å². The summed E-state index contributed by atoms with van der Waals surface area (Å²) in [6.07, 6.45) is 3.86. The zero-order chi connectivity index (χ0) is 32.3. The summed E-state index contributed by atoms with van der Waals surface area (Å²) in [6.45, 7) is 0. The molecule has 2 heteroatoms. The van der Waals surface area contributed by atoms with Gasteiger partial charge in [0.2, 0.25) is 0 Å². The van der Waals surface area contributed by atoms with Crippen molar-refractivity contribution in [3.8, 4) is 72.4 Å². The molecule has 0 atom stereocenters. The lowest BCUT2D eigenvalue weighted by molar-refractivity contribution is 1.17. The smallest absolute Gasteiger partial charge is 0.0724 e. The van der Waals surface area contributed by atoms with Crippen molar-refractivity contribution in [1.29, 1.82) is 0 Å². The highest BCUT2D eigenvalue weighted by molar-refractivity contribution is 6.11. The molecule has 2 aromatic heterocycles. The van der Waals surface area contributed by atoms with Gasteiger partial charge in [0.25, 0.3) is 0 Å². The highest BCUT2D eigenvalue weighted by Crippen LogP contribution is 2.50. The number of nitrogens with zero attached hydrogens (tertiary/aromatic N) is 2. The lowest BCUT2D eigenvalue weighted by Crippen LogP contribution is -1.98. The number of pyridine rings is 1. The Morgan fingerprint density at radius 3 is 1.63 bits per heavy atom. The van der Waals surface area contributed by atoms with Gasteiger partial charge in [-0.1, -0.05) is 133 Å². The van der Waals surface area contributed by atoms with E-state index in [0.29, 0.717) is 0 Å². The molecule has 2 nitrogen and oxygen atoms in total. The van der Waals surface area contributed by atoms with Crippen LogP contribution in [0.2, 0.25) is 0 Å². The van der Waals surface area contributed by atoms with E-state index in [-0.39, 0.29) is 0 Å². The highest BCUT2D eigenvalue weighted by atomic mass is 15.0. The standard InChI is InChI=1S/C47H30N2/c1-2-14-34(15-3-1)49-45-25-24-32(29-44(45)41-26-27-48-30-46(41)49)31-12-10-13-33(28-31)35-22-11-23-43-40-19-7-6-18-38(40)36-16-4-5-17-37(36)39-20-8-9-21-42(39)47(35)43/h1-30H. The number of para-hydroxylation sites is 1. The van der Waals surface area contributed by atoms with E-state index in [1.165, 1.54) is 83.1 Å². The van der Waals surface area contributed by atoms with Crippen LogP contribution in [-0.2, 0) is 0 Å². The predicted molar refractivity (Wildman–Crippen MR) is 205 cm³/mol. The van der Waals surface area contributed by atoms with Gasteiger partial charge in [-0.2, -0.15) is 0 Å². The Bertz CT molecular complexity index is 2710. The molecule has 1 aliphatic carbocycles. The third-order valence-electron chi connectivity index (χ3n) is 10.1. The molecule has 9 aromatic rings. The molecule has 2 heterocycles. The van der Waals surface area contributed by atoms with Crippen LogP contribution >= 0.6 is 0 Å². The molecular formula is C47H30N2. The van der Waals surface area contributed by atoms with Gasteiger partial charge in [0.1, 0.15) is 0 Å². The molecule has 7 aromatic carbocycles. The monoisotopic (exact) mass is 622 g/mol. The van der Waals surface area contributed by atoms with Crippen LogP contribution in [0.4, 0.5) is 0 Å². The van der Waals surface area contributed by atoms with Crippen molar-refractivity contribution < 1.29 is 0 Å². The van der Waals surface area contributed by atoms with Crippen LogP contribution in [0.1, 0.15) is 0 Å². The maximum atomic E-state index is 4.49. The third-order valence-corrected chi connectivity index (χ3v) is 10.1. The minimum Gasteiger partial charge on any atom is -0.308 e. The lowest BCUT2D eigenvalue weighted by Gasteiger charge is -2.25. The maximum Gasteiger partial charge on any atom is 0.0724 e. The van der Waals surface area contributed by atoms with E-state index in [2.05, 4.69) is 179 Å². The summed E-state index contributed by atoms with van der Waals surface area (Å²) < 4.78 is 2.31. The largest absolute Gasteiger partial charge is 0.308 e. The Morgan fingerprint density at radius 2 is 0.898 bits per heavy atom. The first-order valence-electron chi connectivity index (χ1n) is 16.8. The summed E-state index contributed by atoms with van der Waals surface area (Å²) in [6, 6.07) is 61.9. The summed E-state index contributed by atoms with van der Waals surface area (Å²) in [4.78, 5) is 4.49. The number of aromatic nitrogens is 2. The summed E-state index contributed by atoms with van der Waals surface area (Å²) in [5, 5.41) is 2.42. The van der Waals surface area contributed by atoms with Gasteiger partial charge in [0.15, 0.2) is 0 Å². The van der Waals surface area contributed by atoms with Gasteiger partial charge in [-0.3, -0.25) is 4.98 Å². The summed E-state index contributed by atoms with van der Waals surface area (Å²) >= 11 is 0. The van der Waals surface area contributed by atoms with Crippen molar-refractivity contribution in [2.45, 2.75) is 0 Å². The van der Waals surface area contributed by atoms with Crippen molar-refractivity contribution in [3.63, 3.8) is 0 Å². The zero-order valence-electron chi connectivity index (χ0n) is 26.7. The Morgan fingerprint density at radius 1 is 0.347 bits per heavy atom. The second-order valence-corrected chi connectivity index (χ2v) is 12.7. The Hall–Kier alpha value is -6.51. The number of hydrogen-bond donors (Lipinski definition) is 0. The normalized spacial score (nSPS) is 11.7. The molecule has 1 aliphatic rings. The molecule has 228 valence electrons. The first kappa shape index (κ1) is 27.6. The van der Waals surface area contributed by atoms with E-state index in [1.54, 1.807) is 0 Å². The van der Waals surface area contributed by atoms with Crippen LogP contribution in [0.25, 0.3) is 94.3 Å². The number of hydrogen-bond acceptors (Lipinski definition) is 1. The average molecular weight is 623 g/mol. The molecule has 0 N–H and O–H groups in total. The van der Waals surface area contributed by atoms with E-state index in [9.17, 15) is 0 Å². The van der Waals surface area contributed by atoms with Crippen LogP contribution in [0.15, 0.2) is 182 Å². The Balaban J connectivity index is 1.18. The van der Waals surface area contributed by atoms with E-state index in [0.717, 1.165) is 11.2 Å². The predicted octanol–water partition coefficient (Wildman–Crippen LogP) is 12.5. The van der Waals surface area contributed by atoms with Gasteiger partial charge in [-0.05, 0) is 103 Å². The first-order valence-corrected chi connectivity index (χ1v) is 16.8. The van der Waals surface area contributed by atoms with E-state index >= 15 is 0 Å². The Kier molecular flexibility index (Phi) is 6.22. The minimum atomic E-state index is 1.11. The molecule has 0 saturated carbocycles. The maximum absolute atomic E-state index is 4.49. The number of fused-ring (bicyclic) bond motifs is 11. The number of rotatable bonds is 3. The van der Waals surface area contributed by atoms with E-state index in [4.69, 9.17) is 0 Å². The molecule has 0 unspecified atom stereocenters. The van der Waals surface area contributed by atoms with Gasteiger partial charge < -0.3 is 4.57 Å². The molecule has 0 bridgehead atoms. The fourth-order valence-electron chi connectivity index (χ4n) is 7.92. The van der Waals surface area contributed by atoms with Crippen LogP contribution in [0.5, 0.6) is 0 Å². The molecule has 0 amide bonds. The van der Waals surface area contributed by atoms with Gasteiger partial charge >= 0.3 is 0 Å². The molecular weight excluding hydrogens is 593 g/mol. The minimum absolute atomic E-state index is 1.11. The number of benzene rings is 7. The van der Waals surface area contributed by atoms with E-state index in [1.807, 2.05) is 12.4 Å². The molecule has 0 radical (unpaired) electrons. The van der Waals surface area contributed by atoms with Crippen molar-refractivity contribution >= 4 is 21.8 Å². The molecule has 0 saturated heterocycles. The van der Waals surface area contributed by atoms with Crippen molar-refractivity contribution in [1.82, 2.24) is 9.55 Å². The quantitative estimate of drug-likeness (QED) is 0.192. The van der Waals surface area contributed by atoms with E-state index < -0.39 is 0 Å². The topological polar surface area (TPSA) is 17.8 Å². The summed E-state index contributed by atoms with van der Waals surface area (Å²) in [7, 11) is 0. The van der Waals surface area contributed by atoms with Crippen molar-refractivity contribution in [2.24, 2.45) is 0 Å². The molecule has 0 aliphatic heterocycles. The molecule has 49 heavy (non-hydrogen) atoms. The lowest BCUT2D eigenvalue weighted by atomic mass is 9.78. The zero-order valence-corrected chi connectivity index (χ0v) is 26.7. The SMILES string of the molecule is c1ccc(-n2c3ccc(-c4cccc(-c5cccc6c5-c5ccccc5-c5ccccc5-c5ccccc5-6)c4)cc3c3ccncc32)cc1. The molecule has 0 fully saturated rings. The molecule has 0 spiro atoms. The van der Waals surface area contributed by atoms with Crippen LogP contribution in [0.3, 0.4) is 0 Å². The third kappa shape index (κ3) is 4.31. The van der Waals surface area contributed by atoms with Crippen LogP contribution in [0, 0.1) is 0 Å². The summed E-state index contributed by atoms with van der Waals surface area (Å²) in [5.41, 5.74) is 18.3.